The van der Waals surface area contributed by atoms with Gasteiger partial charge in [-0.15, -0.1) is 0 Å². The Kier molecular flexibility index (Phi) is 2.76. The van der Waals surface area contributed by atoms with Crippen LogP contribution in [0.2, 0.25) is 0 Å². The highest BCUT2D eigenvalue weighted by Gasteiger charge is 2.32. The molecule has 0 unspecified atom stereocenters. The van der Waals surface area contributed by atoms with Gasteiger partial charge >= 0.3 is 0 Å². The fraction of sp³-hybridized carbons (Fsp3) is 0. The Bertz CT molecular complexity index is 959. The van der Waals surface area contributed by atoms with E-state index in [0.717, 1.165) is 21.9 Å². The van der Waals surface area contributed by atoms with Crippen LogP contribution in [0.15, 0.2) is 66.7 Å². The Morgan fingerprint density at radius 1 is 0.636 bits per heavy atom. The van der Waals surface area contributed by atoms with Crippen molar-refractivity contribution in [1.29, 1.82) is 0 Å². The van der Waals surface area contributed by atoms with E-state index in [9.17, 15) is 9.59 Å². The van der Waals surface area contributed by atoms with Gasteiger partial charge in [-0.3, -0.25) is 9.59 Å². The summed E-state index contributed by atoms with van der Waals surface area (Å²) in [6, 6.07) is 21.1. The lowest BCUT2D eigenvalue weighted by atomic mass is 10.00. The molecule has 2 heteroatoms. The van der Waals surface area contributed by atoms with Crippen LogP contribution in [0.3, 0.4) is 0 Å². The van der Waals surface area contributed by atoms with Gasteiger partial charge in [0, 0.05) is 11.1 Å². The summed E-state index contributed by atoms with van der Waals surface area (Å²) >= 11 is 0. The number of fused-ring (bicyclic) bond motifs is 2. The molecule has 0 saturated heterocycles. The van der Waals surface area contributed by atoms with Gasteiger partial charge in [0.25, 0.3) is 0 Å². The van der Waals surface area contributed by atoms with Gasteiger partial charge in [-0.25, -0.2) is 0 Å². The molecule has 0 saturated carbocycles. The molecule has 3 aromatic carbocycles. The van der Waals surface area contributed by atoms with Gasteiger partial charge in [0.05, 0.1) is 0 Å². The molecule has 1 aliphatic carbocycles. The highest BCUT2D eigenvalue weighted by molar-refractivity contribution is 6.64. The van der Waals surface area contributed by atoms with E-state index in [1.165, 1.54) is 0 Å². The summed E-state index contributed by atoms with van der Waals surface area (Å²) in [7, 11) is 0. The maximum atomic E-state index is 12.3. The van der Waals surface area contributed by atoms with Crippen LogP contribution in [-0.2, 0) is 4.79 Å². The van der Waals surface area contributed by atoms with E-state index in [0.29, 0.717) is 11.1 Å². The second-order valence-electron chi connectivity index (χ2n) is 5.33. The zero-order valence-electron chi connectivity index (χ0n) is 11.7. The highest BCUT2D eigenvalue weighted by Crippen LogP contribution is 2.32. The van der Waals surface area contributed by atoms with Gasteiger partial charge < -0.3 is 0 Å². The van der Waals surface area contributed by atoms with Crippen LogP contribution in [0, 0.1) is 0 Å². The molecule has 4 rings (SSSR count). The van der Waals surface area contributed by atoms with Crippen molar-refractivity contribution in [2.75, 3.05) is 0 Å². The Labute approximate surface area is 127 Å². The summed E-state index contributed by atoms with van der Waals surface area (Å²) in [5.74, 6) is -0.837. The van der Waals surface area contributed by atoms with Crippen LogP contribution in [-0.4, -0.2) is 11.6 Å². The van der Waals surface area contributed by atoms with Crippen molar-refractivity contribution in [3.05, 3.63) is 83.4 Å². The maximum Gasteiger partial charge on any atom is 0.234 e. The van der Waals surface area contributed by atoms with Crippen molar-refractivity contribution in [3.63, 3.8) is 0 Å². The van der Waals surface area contributed by atoms with Crippen LogP contribution in [0.4, 0.5) is 0 Å². The molecule has 3 aromatic rings. The van der Waals surface area contributed by atoms with Gasteiger partial charge in [-0.1, -0.05) is 66.7 Å². The zero-order chi connectivity index (χ0) is 15.1. The Balaban J connectivity index is 1.96. The average molecular weight is 284 g/mol. The van der Waals surface area contributed by atoms with Crippen LogP contribution >= 0.6 is 0 Å². The summed E-state index contributed by atoms with van der Waals surface area (Å²) in [6.45, 7) is 0. The third kappa shape index (κ3) is 1.81. The third-order valence-electron chi connectivity index (χ3n) is 4.04. The number of allylic oxidation sites excluding steroid dienone is 1. The molecule has 0 amide bonds. The summed E-state index contributed by atoms with van der Waals surface area (Å²) in [4.78, 5) is 24.4. The van der Waals surface area contributed by atoms with Crippen molar-refractivity contribution in [2.45, 2.75) is 0 Å². The average Bonchev–Trinajstić information content (AvgIpc) is 2.81. The first-order chi connectivity index (χ1) is 10.8. The molecule has 0 bridgehead atoms. The number of rotatable bonds is 1. The van der Waals surface area contributed by atoms with E-state index >= 15 is 0 Å². The monoisotopic (exact) mass is 284 g/mol. The van der Waals surface area contributed by atoms with Crippen LogP contribution in [0.1, 0.15) is 21.5 Å². The van der Waals surface area contributed by atoms with E-state index in [1.807, 2.05) is 60.7 Å². The predicted octanol–water partition coefficient (Wildman–Crippen LogP) is 4.15. The number of benzene rings is 3. The molecule has 0 aliphatic heterocycles. The third-order valence-corrected chi connectivity index (χ3v) is 4.04. The Hall–Kier alpha value is -3.00. The van der Waals surface area contributed by atoms with E-state index in [1.54, 1.807) is 12.1 Å². The predicted molar refractivity (Wildman–Crippen MR) is 87.6 cm³/mol. The minimum Gasteiger partial charge on any atom is -0.285 e. The van der Waals surface area contributed by atoms with Crippen LogP contribution < -0.4 is 0 Å². The molecule has 0 atom stereocenters. The van der Waals surface area contributed by atoms with Gasteiger partial charge in [0.2, 0.25) is 11.6 Å². The van der Waals surface area contributed by atoms with Crippen molar-refractivity contribution >= 4 is 34.0 Å². The van der Waals surface area contributed by atoms with E-state index in [2.05, 4.69) is 0 Å². The SMILES string of the molecule is O=C1C(=O)c2ccccc2C1=Cc1cccc2ccccc12. The lowest BCUT2D eigenvalue weighted by Crippen LogP contribution is -2.05. The fourth-order valence-corrected chi connectivity index (χ4v) is 2.96. The Morgan fingerprint density at radius 2 is 1.32 bits per heavy atom. The van der Waals surface area contributed by atoms with E-state index in [-0.39, 0.29) is 0 Å². The summed E-state index contributed by atoms with van der Waals surface area (Å²) in [5, 5.41) is 2.18. The van der Waals surface area contributed by atoms with E-state index in [4.69, 9.17) is 0 Å². The second kappa shape index (κ2) is 4.78. The first kappa shape index (κ1) is 12.7. The number of hydrogen-bond donors (Lipinski definition) is 0. The smallest absolute Gasteiger partial charge is 0.234 e. The molecular weight excluding hydrogens is 272 g/mol. The largest absolute Gasteiger partial charge is 0.285 e. The molecule has 0 fully saturated rings. The fourth-order valence-electron chi connectivity index (χ4n) is 2.96. The number of carbonyl (C=O) groups excluding carboxylic acids is 2. The molecule has 22 heavy (non-hydrogen) atoms. The van der Waals surface area contributed by atoms with Gasteiger partial charge in [-0.05, 0) is 28.0 Å². The molecule has 1 aliphatic rings. The van der Waals surface area contributed by atoms with Crippen molar-refractivity contribution in [1.82, 2.24) is 0 Å². The summed E-state index contributed by atoms with van der Waals surface area (Å²) < 4.78 is 0. The molecule has 104 valence electrons. The van der Waals surface area contributed by atoms with Gasteiger partial charge in [0.1, 0.15) is 0 Å². The minimum absolute atomic E-state index is 0.415. The van der Waals surface area contributed by atoms with Gasteiger partial charge in [-0.2, -0.15) is 0 Å². The normalized spacial score (nSPS) is 15.5. The minimum atomic E-state index is -0.422. The van der Waals surface area contributed by atoms with Crippen molar-refractivity contribution in [2.24, 2.45) is 0 Å². The molecular formula is C20H12O2. The quantitative estimate of drug-likeness (QED) is 0.497. The molecule has 0 aromatic heterocycles. The zero-order valence-corrected chi connectivity index (χ0v) is 11.7. The molecule has 0 spiro atoms. The standard InChI is InChI=1S/C20H12O2/c21-19-17-11-4-3-10-16(17)18(20(19)22)12-14-8-5-7-13-6-1-2-9-15(13)14/h1-12H. The lowest BCUT2D eigenvalue weighted by molar-refractivity contribution is -0.109. The van der Waals surface area contributed by atoms with E-state index < -0.39 is 11.6 Å². The van der Waals surface area contributed by atoms with Crippen LogP contribution in [0.25, 0.3) is 22.4 Å². The molecule has 0 heterocycles. The van der Waals surface area contributed by atoms with Gasteiger partial charge in [0.15, 0.2) is 0 Å². The molecule has 0 N–H and O–H groups in total. The second-order valence-corrected chi connectivity index (χ2v) is 5.33. The van der Waals surface area contributed by atoms with Crippen molar-refractivity contribution < 1.29 is 9.59 Å². The number of carbonyl (C=O) groups is 2. The number of Topliss-reactive ketones (excluding diaryl/α,β-unsaturated/α-hetero) is 2. The molecule has 0 radical (unpaired) electrons. The summed E-state index contributed by atoms with van der Waals surface area (Å²) in [6.07, 6.45) is 1.83. The maximum absolute atomic E-state index is 12.3. The number of ketones is 2. The lowest BCUT2D eigenvalue weighted by Gasteiger charge is -2.04. The van der Waals surface area contributed by atoms with Crippen molar-refractivity contribution in [3.8, 4) is 0 Å². The first-order valence-electron chi connectivity index (χ1n) is 7.13. The van der Waals surface area contributed by atoms with Crippen LogP contribution in [0.5, 0.6) is 0 Å². The summed E-state index contributed by atoms with van der Waals surface area (Å²) in [5.41, 5.74) is 2.66. The highest BCUT2D eigenvalue weighted by atomic mass is 16.2. The Morgan fingerprint density at radius 3 is 2.18 bits per heavy atom. The first-order valence-corrected chi connectivity index (χ1v) is 7.13. The molecule has 2 nitrogen and oxygen atoms in total. The topological polar surface area (TPSA) is 34.1 Å². The number of hydrogen-bond acceptors (Lipinski definition) is 2.